The molecule has 1 amide bonds. The largest absolute Gasteiger partial charge is 0.482 e. The molecule has 0 radical (unpaired) electrons. The first-order valence-electron chi connectivity index (χ1n) is 7.45. The van der Waals surface area contributed by atoms with Gasteiger partial charge < -0.3 is 10.1 Å². The molecule has 1 N–H and O–H groups in total. The minimum atomic E-state index is -0.149. The highest BCUT2D eigenvalue weighted by Crippen LogP contribution is 2.27. The minimum absolute atomic E-state index is 0.0446. The van der Waals surface area contributed by atoms with Gasteiger partial charge in [-0.25, -0.2) is 0 Å². The fourth-order valence-electron chi connectivity index (χ4n) is 2.15. The molecule has 0 aliphatic heterocycles. The van der Waals surface area contributed by atoms with Gasteiger partial charge in [-0.1, -0.05) is 57.9 Å². The molecule has 1 atom stereocenters. The van der Waals surface area contributed by atoms with Crippen LogP contribution in [-0.2, 0) is 11.2 Å². The number of nitrogens with one attached hydrogen (secondary N) is 1. The van der Waals surface area contributed by atoms with Crippen molar-refractivity contribution in [1.82, 2.24) is 5.32 Å². The number of aryl methyl sites for hydroxylation is 1. The SMILES string of the molecule is CC(CCc1ccccc1)NC(=O)COc1ccc(Br)cc1Cl. The molecule has 0 saturated heterocycles. The smallest absolute Gasteiger partial charge is 0.258 e. The van der Waals surface area contributed by atoms with Crippen LogP contribution in [0.15, 0.2) is 53.0 Å². The van der Waals surface area contributed by atoms with Crippen molar-refractivity contribution in [2.75, 3.05) is 6.61 Å². The van der Waals surface area contributed by atoms with E-state index >= 15 is 0 Å². The second-order valence-electron chi connectivity index (χ2n) is 5.36. The fraction of sp³-hybridized carbons (Fsp3) is 0.278. The number of hydrogen-bond donors (Lipinski definition) is 1. The Morgan fingerprint density at radius 3 is 2.70 bits per heavy atom. The molecule has 122 valence electrons. The van der Waals surface area contributed by atoms with E-state index in [9.17, 15) is 4.79 Å². The average molecular weight is 397 g/mol. The van der Waals surface area contributed by atoms with Crippen LogP contribution in [0, 0.1) is 0 Å². The zero-order valence-electron chi connectivity index (χ0n) is 12.9. The van der Waals surface area contributed by atoms with Crippen molar-refractivity contribution in [3.8, 4) is 5.75 Å². The second-order valence-corrected chi connectivity index (χ2v) is 6.68. The van der Waals surface area contributed by atoms with Gasteiger partial charge in [0, 0.05) is 10.5 Å². The molecule has 0 fully saturated rings. The Bertz CT molecular complexity index is 649. The van der Waals surface area contributed by atoms with Gasteiger partial charge in [0.1, 0.15) is 5.75 Å². The quantitative estimate of drug-likeness (QED) is 0.741. The van der Waals surface area contributed by atoms with E-state index in [2.05, 4.69) is 33.4 Å². The van der Waals surface area contributed by atoms with Gasteiger partial charge >= 0.3 is 0 Å². The van der Waals surface area contributed by atoms with E-state index in [1.807, 2.05) is 31.2 Å². The van der Waals surface area contributed by atoms with Gasteiger partial charge in [0.15, 0.2) is 6.61 Å². The first-order chi connectivity index (χ1) is 11.0. The second kappa shape index (κ2) is 8.94. The molecule has 0 aromatic heterocycles. The summed E-state index contributed by atoms with van der Waals surface area (Å²) < 4.78 is 6.32. The Morgan fingerprint density at radius 1 is 1.26 bits per heavy atom. The highest BCUT2D eigenvalue weighted by Gasteiger charge is 2.10. The molecule has 2 aromatic carbocycles. The van der Waals surface area contributed by atoms with Crippen LogP contribution in [0.2, 0.25) is 5.02 Å². The van der Waals surface area contributed by atoms with Crippen molar-refractivity contribution >= 4 is 33.4 Å². The monoisotopic (exact) mass is 395 g/mol. The van der Waals surface area contributed by atoms with Gasteiger partial charge in [-0.15, -0.1) is 0 Å². The Morgan fingerprint density at radius 2 is 2.00 bits per heavy atom. The van der Waals surface area contributed by atoms with E-state index in [-0.39, 0.29) is 18.6 Å². The van der Waals surface area contributed by atoms with Crippen LogP contribution in [0.25, 0.3) is 0 Å². The van der Waals surface area contributed by atoms with Gasteiger partial charge in [-0.2, -0.15) is 0 Å². The van der Waals surface area contributed by atoms with E-state index in [4.69, 9.17) is 16.3 Å². The van der Waals surface area contributed by atoms with Gasteiger partial charge in [-0.05, 0) is 43.5 Å². The van der Waals surface area contributed by atoms with Crippen LogP contribution in [0.4, 0.5) is 0 Å². The van der Waals surface area contributed by atoms with Crippen LogP contribution >= 0.6 is 27.5 Å². The normalized spacial score (nSPS) is 11.8. The zero-order chi connectivity index (χ0) is 16.7. The number of carbonyl (C=O) groups is 1. The van der Waals surface area contributed by atoms with Gasteiger partial charge in [0.25, 0.3) is 5.91 Å². The average Bonchev–Trinajstić information content (AvgIpc) is 2.53. The van der Waals surface area contributed by atoms with Gasteiger partial charge in [-0.3, -0.25) is 4.79 Å². The van der Waals surface area contributed by atoms with Crippen molar-refractivity contribution < 1.29 is 9.53 Å². The van der Waals surface area contributed by atoms with Crippen LogP contribution in [0.5, 0.6) is 5.75 Å². The fourth-order valence-corrected chi connectivity index (χ4v) is 2.88. The molecule has 2 rings (SSSR count). The Labute approximate surface area is 150 Å². The predicted molar refractivity (Wildman–Crippen MR) is 97.0 cm³/mol. The minimum Gasteiger partial charge on any atom is -0.482 e. The Hall–Kier alpha value is -1.52. The van der Waals surface area contributed by atoms with E-state index in [1.165, 1.54) is 5.56 Å². The number of rotatable bonds is 7. The molecule has 0 aliphatic carbocycles. The molecule has 1 unspecified atom stereocenters. The topological polar surface area (TPSA) is 38.3 Å². The molecule has 0 aliphatic rings. The third kappa shape index (κ3) is 6.24. The van der Waals surface area contributed by atoms with Crippen molar-refractivity contribution in [3.63, 3.8) is 0 Å². The Kier molecular flexibility index (Phi) is 6.93. The van der Waals surface area contributed by atoms with Crippen molar-refractivity contribution in [2.45, 2.75) is 25.8 Å². The highest BCUT2D eigenvalue weighted by molar-refractivity contribution is 9.10. The summed E-state index contributed by atoms with van der Waals surface area (Å²) in [6.07, 6.45) is 1.82. The molecule has 0 bridgehead atoms. The van der Waals surface area contributed by atoms with Crippen LogP contribution < -0.4 is 10.1 Å². The highest BCUT2D eigenvalue weighted by atomic mass is 79.9. The number of ether oxygens (including phenoxy) is 1. The summed E-state index contributed by atoms with van der Waals surface area (Å²) in [7, 11) is 0. The first kappa shape index (κ1) is 17.8. The van der Waals surface area contributed by atoms with E-state index in [0.29, 0.717) is 10.8 Å². The lowest BCUT2D eigenvalue weighted by molar-refractivity contribution is -0.123. The maximum Gasteiger partial charge on any atom is 0.258 e. The van der Waals surface area contributed by atoms with Crippen LogP contribution in [-0.4, -0.2) is 18.6 Å². The maximum absolute atomic E-state index is 11.9. The van der Waals surface area contributed by atoms with E-state index in [1.54, 1.807) is 12.1 Å². The zero-order valence-corrected chi connectivity index (χ0v) is 15.2. The molecule has 0 spiro atoms. The summed E-state index contributed by atoms with van der Waals surface area (Å²) in [6.45, 7) is 1.95. The van der Waals surface area contributed by atoms with E-state index in [0.717, 1.165) is 17.3 Å². The molecular weight excluding hydrogens is 378 g/mol. The van der Waals surface area contributed by atoms with Gasteiger partial charge in [0.05, 0.1) is 5.02 Å². The van der Waals surface area contributed by atoms with Crippen molar-refractivity contribution in [2.24, 2.45) is 0 Å². The van der Waals surface area contributed by atoms with Crippen molar-refractivity contribution in [1.29, 1.82) is 0 Å². The summed E-state index contributed by atoms with van der Waals surface area (Å²) in [5, 5.41) is 3.41. The molecular formula is C18H19BrClNO2. The number of carbonyl (C=O) groups excluding carboxylic acids is 1. The summed E-state index contributed by atoms with van der Waals surface area (Å²) in [5.41, 5.74) is 1.27. The summed E-state index contributed by atoms with van der Waals surface area (Å²) in [5.74, 6) is 0.353. The number of hydrogen-bond acceptors (Lipinski definition) is 2. The first-order valence-corrected chi connectivity index (χ1v) is 8.63. The maximum atomic E-state index is 11.9. The third-order valence-corrected chi connectivity index (χ3v) is 4.16. The standard InChI is InChI=1S/C18H19BrClNO2/c1-13(7-8-14-5-3-2-4-6-14)21-18(22)12-23-17-10-9-15(19)11-16(17)20/h2-6,9-11,13H,7-8,12H2,1H3,(H,21,22). The molecule has 0 heterocycles. The molecule has 0 saturated carbocycles. The summed E-state index contributed by atoms with van der Waals surface area (Å²) in [6, 6.07) is 15.6. The lowest BCUT2D eigenvalue weighted by Crippen LogP contribution is -2.36. The molecule has 5 heteroatoms. The summed E-state index contributed by atoms with van der Waals surface area (Å²) >= 11 is 9.38. The molecule has 23 heavy (non-hydrogen) atoms. The van der Waals surface area contributed by atoms with E-state index < -0.39 is 0 Å². The third-order valence-electron chi connectivity index (χ3n) is 3.37. The van der Waals surface area contributed by atoms with Crippen LogP contribution in [0.1, 0.15) is 18.9 Å². The molecule has 3 nitrogen and oxygen atoms in total. The predicted octanol–water partition coefficient (Wildman–Crippen LogP) is 4.62. The summed E-state index contributed by atoms with van der Waals surface area (Å²) in [4.78, 5) is 11.9. The number of amides is 1. The Balaban J connectivity index is 1.73. The lowest BCUT2D eigenvalue weighted by Gasteiger charge is -2.14. The van der Waals surface area contributed by atoms with Gasteiger partial charge in [0.2, 0.25) is 0 Å². The molecule has 2 aromatic rings. The van der Waals surface area contributed by atoms with Crippen LogP contribution in [0.3, 0.4) is 0 Å². The van der Waals surface area contributed by atoms with Crippen molar-refractivity contribution in [3.05, 3.63) is 63.6 Å². The lowest BCUT2D eigenvalue weighted by atomic mass is 10.1. The number of benzene rings is 2. The number of halogens is 2.